The molecule has 0 unspecified atom stereocenters. The molecule has 0 amide bonds. The molecule has 1 fully saturated rings. The van der Waals surface area contributed by atoms with Crippen molar-refractivity contribution in [2.45, 2.75) is 104 Å². The van der Waals surface area contributed by atoms with E-state index in [2.05, 4.69) is 19.2 Å². The van der Waals surface area contributed by atoms with Gasteiger partial charge in [-0.25, -0.2) is 0 Å². The van der Waals surface area contributed by atoms with Gasteiger partial charge in [0.1, 0.15) is 12.2 Å². The Labute approximate surface area is 245 Å². The van der Waals surface area contributed by atoms with Gasteiger partial charge >= 0.3 is 11.9 Å². The van der Waals surface area contributed by atoms with Crippen molar-refractivity contribution in [1.29, 1.82) is 0 Å². The van der Waals surface area contributed by atoms with Crippen LogP contribution in [-0.2, 0) is 25.5 Å². The lowest BCUT2D eigenvalue weighted by Crippen LogP contribution is -2.34. The minimum atomic E-state index is -0.430. The summed E-state index contributed by atoms with van der Waals surface area (Å²) in [7, 11) is 1.52. The van der Waals surface area contributed by atoms with E-state index in [1.807, 2.05) is 18.2 Å². The molecule has 0 saturated heterocycles. The first-order valence-electron chi connectivity index (χ1n) is 15.2. The van der Waals surface area contributed by atoms with Crippen molar-refractivity contribution in [1.82, 2.24) is 5.32 Å². The second-order valence-electron chi connectivity index (χ2n) is 12.1. The maximum atomic E-state index is 12.2. The number of methoxy groups -OCH3 is 1. The number of rotatable bonds is 12. The lowest BCUT2D eigenvalue weighted by Gasteiger charge is -2.34. The number of hydrogen-bond donors (Lipinski definition) is 3. The highest BCUT2D eigenvalue weighted by molar-refractivity contribution is 5.79. The normalized spacial score (nSPS) is 20.9. The summed E-state index contributed by atoms with van der Waals surface area (Å²) in [4.78, 5) is 24.4. The highest BCUT2D eigenvalue weighted by Gasteiger charge is 2.32. The van der Waals surface area contributed by atoms with Gasteiger partial charge < -0.3 is 30.4 Å². The molecule has 1 saturated carbocycles. The van der Waals surface area contributed by atoms with Crippen molar-refractivity contribution in [3.05, 3.63) is 41.2 Å². The van der Waals surface area contributed by atoms with Crippen LogP contribution in [0.15, 0.2) is 30.1 Å². The maximum absolute atomic E-state index is 12.2. The van der Waals surface area contributed by atoms with Gasteiger partial charge in [0.25, 0.3) is 0 Å². The van der Waals surface area contributed by atoms with Crippen molar-refractivity contribution in [2.24, 2.45) is 23.5 Å². The third kappa shape index (κ3) is 10.3. The minimum Gasteiger partial charge on any atom is -0.504 e. The number of hydrogen-bond acceptors (Lipinski definition) is 8. The molecule has 8 heteroatoms. The number of nitrogens with two attached hydrogens (primary N) is 1. The number of aryl methyl sites for hydroxylation is 1. The van der Waals surface area contributed by atoms with E-state index in [1.54, 1.807) is 6.07 Å². The fraction of sp³-hybridized carbons (Fsp3) is 0.636. The van der Waals surface area contributed by atoms with Crippen molar-refractivity contribution < 1.29 is 28.9 Å². The van der Waals surface area contributed by atoms with Crippen molar-refractivity contribution >= 4 is 17.5 Å². The van der Waals surface area contributed by atoms with Gasteiger partial charge in [-0.15, -0.1) is 0 Å². The zero-order chi connectivity index (χ0) is 29.9. The Balaban J connectivity index is 1.85. The second kappa shape index (κ2) is 15.7. The molecule has 0 bridgehead atoms. The average Bonchev–Trinajstić information content (AvgIpc) is 2.87. The fourth-order valence-corrected chi connectivity index (χ4v) is 6.48. The highest BCUT2D eigenvalue weighted by Crippen LogP contribution is 2.37. The number of benzene rings is 1. The van der Waals surface area contributed by atoms with Crippen LogP contribution in [-0.4, -0.2) is 42.9 Å². The van der Waals surface area contributed by atoms with E-state index in [0.717, 1.165) is 36.0 Å². The number of aromatic hydroxyl groups is 1. The van der Waals surface area contributed by atoms with Crippen LogP contribution in [0.4, 0.5) is 0 Å². The SMILES string of the molecule is COc1cc(CC[C@H](C[C@@H](OC(C)=O)[C@H]2CCCCC[C@@H](CC(C)C)C2)OC(C)=O)c(C2=CCNC(N)=C2)cc1O. The predicted octanol–water partition coefficient (Wildman–Crippen LogP) is 6.01. The molecule has 0 aromatic heterocycles. The number of esters is 2. The summed E-state index contributed by atoms with van der Waals surface area (Å²) in [5, 5.41) is 13.6. The summed E-state index contributed by atoms with van der Waals surface area (Å²) in [6.45, 7) is 8.01. The van der Waals surface area contributed by atoms with Crippen molar-refractivity contribution in [3.63, 3.8) is 0 Å². The molecule has 1 aromatic carbocycles. The zero-order valence-corrected chi connectivity index (χ0v) is 25.5. The van der Waals surface area contributed by atoms with Gasteiger partial charge in [0.15, 0.2) is 11.5 Å². The van der Waals surface area contributed by atoms with Crippen LogP contribution in [0.25, 0.3) is 5.57 Å². The minimum absolute atomic E-state index is 0.0457. The predicted molar refractivity (Wildman–Crippen MR) is 161 cm³/mol. The Morgan fingerprint density at radius 1 is 1.10 bits per heavy atom. The molecule has 1 aliphatic heterocycles. The van der Waals surface area contributed by atoms with Crippen molar-refractivity contribution in [3.8, 4) is 11.5 Å². The van der Waals surface area contributed by atoms with Crippen LogP contribution in [0.2, 0.25) is 0 Å². The summed E-state index contributed by atoms with van der Waals surface area (Å²) in [5.41, 5.74) is 8.73. The number of phenols is 1. The number of phenolic OH excluding ortho intramolecular Hbond substituents is 1. The first-order valence-corrected chi connectivity index (χ1v) is 15.2. The number of carbonyl (C=O) groups excluding carboxylic acids is 2. The lowest BCUT2D eigenvalue weighted by molar-refractivity contribution is -0.156. The van der Waals surface area contributed by atoms with Crippen molar-refractivity contribution in [2.75, 3.05) is 13.7 Å². The van der Waals surface area contributed by atoms with Gasteiger partial charge in [-0.3, -0.25) is 9.59 Å². The molecule has 1 aliphatic carbocycles. The van der Waals surface area contributed by atoms with Gasteiger partial charge in [-0.05, 0) is 84.8 Å². The smallest absolute Gasteiger partial charge is 0.302 e. The van der Waals surface area contributed by atoms with Crippen LogP contribution in [0.3, 0.4) is 0 Å². The summed E-state index contributed by atoms with van der Waals surface area (Å²) < 4.78 is 17.2. The number of dihydropyridines is 1. The van der Waals surface area contributed by atoms with Gasteiger partial charge in [0, 0.05) is 26.8 Å². The van der Waals surface area contributed by atoms with Gasteiger partial charge in [0.2, 0.25) is 0 Å². The highest BCUT2D eigenvalue weighted by atomic mass is 16.6. The number of ether oxygens (including phenoxy) is 3. The molecule has 8 nitrogen and oxygen atoms in total. The quantitative estimate of drug-likeness (QED) is 0.262. The van der Waals surface area contributed by atoms with Crippen LogP contribution < -0.4 is 15.8 Å². The van der Waals surface area contributed by atoms with E-state index >= 15 is 0 Å². The maximum Gasteiger partial charge on any atom is 0.302 e. The number of nitrogens with one attached hydrogen (secondary N) is 1. The summed E-state index contributed by atoms with van der Waals surface area (Å²) in [5.74, 6) is 1.79. The topological polar surface area (TPSA) is 120 Å². The van der Waals surface area contributed by atoms with E-state index in [4.69, 9.17) is 19.9 Å². The lowest BCUT2D eigenvalue weighted by atomic mass is 9.77. The van der Waals surface area contributed by atoms with Gasteiger partial charge in [0.05, 0.1) is 12.9 Å². The fourth-order valence-electron chi connectivity index (χ4n) is 6.48. The molecule has 1 aromatic rings. The Morgan fingerprint density at radius 2 is 1.83 bits per heavy atom. The molecule has 0 spiro atoms. The standard InChI is InChI=1S/C33H50N2O6/c1-21(2)15-24-9-7-6-8-10-27(16-24)31(41-23(4)37)19-28(40-22(3)36)12-11-25-17-32(39-5)30(38)20-29(25)26-13-14-35-33(34)18-26/h13,17-18,20-21,24,27-28,31,35,38H,6-12,14-16,19,34H2,1-5H3/t24-,27-,28+,31+/m0/s1. The van der Waals surface area contributed by atoms with E-state index in [0.29, 0.717) is 49.2 Å². The first-order chi connectivity index (χ1) is 19.5. The molecule has 1 heterocycles. The molecule has 4 N–H and O–H groups in total. The molecular formula is C33H50N2O6. The van der Waals surface area contributed by atoms with Crippen LogP contribution in [0.1, 0.15) is 96.6 Å². The molecule has 3 rings (SSSR count). The molecule has 41 heavy (non-hydrogen) atoms. The molecule has 0 radical (unpaired) electrons. The van der Waals surface area contributed by atoms with Gasteiger partial charge in [-0.2, -0.15) is 0 Å². The first kappa shape index (κ1) is 32.4. The summed E-state index contributed by atoms with van der Waals surface area (Å²) >= 11 is 0. The molecule has 4 atom stereocenters. The monoisotopic (exact) mass is 570 g/mol. The van der Waals surface area contributed by atoms with Crippen LogP contribution in [0, 0.1) is 17.8 Å². The molecule has 2 aliphatic rings. The largest absolute Gasteiger partial charge is 0.504 e. The zero-order valence-electron chi connectivity index (χ0n) is 25.5. The number of carbonyl (C=O) groups is 2. The van der Waals surface area contributed by atoms with E-state index < -0.39 is 6.10 Å². The van der Waals surface area contributed by atoms with E-state index in [9.17, 15) is 14.7 Å². The number of allylic oxidation sites excluding steroid dienone is 2. The Hall–Kier alpha value is -3.16. The summed E-state index contributed by atoms with van der Waals surface area (Å²) in [6, 6.07) is 3.53. The summed E-state index contributed by atoms with van der Waals surface area (Å²) in [6.07, 6.45) is 12.7. The van der Waals surface area contributed by atoms with Gasteiger partial charge in [-0.1, -0.05) is 45.6 Å². The third-order valence-corrected chi connectivity index (χ3v) is 8.19. The molecule has 228 valence electrons. The van der Waals surface area contributed by atoms with Crippen LogP contribution in [0.5, 0.6) is 11.5 Å². The van der Waals surface area contributed by atoms with Crippen LogP contribution >= 0.6 is 0 Å². The third-order valence-electron chi connectivity index (χ3n) is 8.19. The Kier molecular flexibility index (Phi) is 12.4. The Morgan fingerprint density at radius 3 is 2.49 bits per heavy atom. The average molecular weight is 571 g/mol. The molecular weight excluding hydrogens is 520 g/mol. The van der Waals surface area contributed by atoms with E-state index in [1.165, 1.54) is 46.6 Å². The Bertz CT molecular complexity index is 1100. The second-order valence-corrected chi connectivity index (χ2v) is 12.1. The van der Waals surface area contributed by atoms with E-state index in [-0.39, 0.29) is 29.7 Å².